The number of benzene rings is 1. The highest BCUT2D eigenvalue weighted by Crippen LogP contribution is 2.38. The number of ether oxygens (including phenoxy) is 1. The lowest BCUT2D eigenvalue weighted by Crippen LogP contribution is -2.36. The van der Waals surface area contributed by atoms with Gasteiger partial charge in [-0.25, -0.2) is 8.42 Å². The smallest absolute Gasteiger partial charge is 0.340 e. The van der Waals surface area contributed by atoms with E-state index in [9.17, 15) is 23.2 Å². The van der Waals surface area contributed by atoms with Crippen LogP contribution in [0.1, 0.15) is 30.3 Å². The molecule has 5 atom stereocenters. The SMILES string of the molecule is Cc1ccc([C@H](C)Nc2nc(Cl)nc3c2nnn3[C@@H]2O[C@H](CS(=O)(=O)CP(=O)(O)O)[C@@H](O)[C@H]2O)cc1. The molecule has 3 aromatic rings. The number of anilines is 1. The molecule has 14 nitrogen and oxygen atoms in total. The van der Waals surface area contributed by atoms with E-state index in [1.54, 1.807) is 0 Å². The molecule has 0 bridgehead atoms. The van der Waals surface area contributed by atoms with Gasteiger partial charge in [-0.15, -0.1) is 5.10 Å². The molecule has 17 heteroatoms. The molecule has 1 saturated heterocycles. The Kier molecular flexibility index (Phi) is 7.38. The van der Waals surface area contributed by atoms with E-state index in [0.29, 0.717) is 0 Å². The molecule has 3 heterocycles. The second-order valence-electron chi connectivity index (χ2n) is 8.57. The van der Waals surface area contributed by atoms with Crippen molar-refractivity contribution < 1.29 is 37.7 Å². The van der Waals surface area contributed by atoms with E-state index in [-0.39, 0.29) is 28.3 Å². The summed E-state index contributed by atoms with van der Waals surface area (Å²) in [6.07, 6.45) is -6.25. The maximum atomic E-state index is 12.1. The summed E-state index contributed by atoms with van der Waals surface area (Å²) in [5, 5.41) is 31.9. The highest BCUT2D eigenvalue weighted by atomic mass is 35.5. The first-order chi connectivity index (χ1) is 16.7. The first-order valence-corrected chi connectivity index (χ1v) is 14.6. The van der Waals surface area contributed by atoms with Crippen LogP contribution in [0.15, 0.2) is 24.3 Å². The van der Waals surface area contributed by atoms with Gasteiger partial charge in [0.2, 0.25) is 5.28 Å². The topological polar surface area (TPSA) is 210 Å². The number of fused-ring (bicyclic) bond motifs is 1. The van der Waals surface area contributed by atoms with Crippen LogP contribution in [0.2, 0.25) is 5.28 Å². The highest BCUT2D eigenvalue weighted by Gasteiger charge is 2.47. The van der Waals surface area contributed by atoms with Gasteiger partial charge in [0.1, 0.15) is 18.3 Å². The normalized spacial score (nSPS) is 23.8. The van der Waals surface area contributed by atoms with Crippen molar-refractivity contribution in [1.82, 2.24) is 25.0 Å². The molecular weight excluding hydrogens is 539 g/mol. The lowest BCUT2D eigenvalue weighted by atomic mass is 10.1. The minimum Gasteiger partial charge on any atom is -0.387 e. The van der Waals surface area contributed by atoms with Crippen LogP contribution in [-0.2, 0) is 19.1 Å². The number of aliphatic hydroxyl groups is 2. The van der Waals surface area contributed by atoms with Gasteiger partial charge < -0.3 is 30.1 Å². The molecule has 2 aromatic heterocycles. The maximum Gasteiger partial charge on any atom is 0.340 e. The fraction of sp³-hybridized carbons (Fsp3) is 0.474. The Morgan fingerprint density at radius 1 is 1.19 bits per heavy atom. The van der Waals surface area contributed by atoms with Gasteiger partial charge in [-0.2, -0.15) is 14.6 Å². The van der Waals surface area contributed by atoms with Crippen LogP contribution >= 0.6 is 19.2 Å². The van der Waals surface area contributed by atoms with Gasteiger partial charge in [-0.1, -0.05) is 35.0 Å². The van der Waals surface area contributed by atoms with Crippen molar-refractivity contribution in [3.05, 3.63) is 40.7 Å². The minimum absolute atomic E-state index is 0.0450. The maximum absolute atomic E-state index is 12.1. The van der Waals surface area contributed by atoms with E-state index in [4.69, 9.17) is 26.1 Å². The van der Waals surface area contributed by atoms with E-state index in [1.165, 1.54) is 0 Å². The summed E-state index contributed by atoms with van der Waals surface area (Å²) in [6, 6.07) is 7.63. The largest absolute Gasteiger partial charge is 0.387 e. The number of sulfone groups is 1. The number of hydrogen-bond donors (Lipinski definition) is 5. The van der Waals surface area contributed by atoms with E-state index >= 15 is 0 Å². The average Bonchev–Trinajstić information content (AvgIpc) is 3.28. The lowest BCUT2D eigenvalue weighted by molar-refractivity contribution is -0.0375. The molecule has 0 radical (unpaired) electrons. The van der Waals surface area contributed by atoms with E-state index < -0.39 is 53.2 Å². The Morgan fingerprint density at radius 3 is 2.50 bits per heavy atom. The zero-order valence-corrected chi connectivity index (χ0v) is 21.5. The minimum atomic E-state index is -4.88. The van der Waals surface area contributed by atoms with Crippen molar-refractivity contribution in [1.29, 1.82) is 0 Å². The monoisotopic (exact) mass is 562 g/mol. The van der Waals surface area contributed by atoms with Crippen molar-refractivity contribution in [2.45, 2.75) is 44.4 Å². The molecule has 1 aliphatic rings. The van der Waals surface area contributed by atoms with Gasteiger partial charge in [0.05, 0.1) is 11.8 Å². The van der Waals surface area contributed by atoms with Gasteiger partial charge in [-0.3, -0.25) is 4.57 Å². The highest BCUT2D eigenvalue weighted by molar-refractivity contribution is 7.97. The van der Waals surface area contributed by atoms with Crippen LogP contribution in [0, 0.1) is 6.92 Å². The fourth-order valence-corrected chi connectivity index (χ4v) is 7.26. The van der Waals surface area contributed by atoms with Crippen molar-refractivity contribution in [3.8, 4) is 0 Å². The molecule has 1 fully saturated rings. The number of aromatic nitrogens is 5. The number of halogens is 1. The van der Waals surface area contributed by atoms with E-state index in [2.05, 4.69) is 25.6 Å². The molecule has 0 saturated carbocycles. The summed E-state index contributed by atoms with van der Waals surface area (Å²) in [5.74, 6) is -0.686. The molecule has 196 valence electrons. The van der Waals surface area contributed by atoms with Crippen molar-refractivity contribution in [2.75, 3.05) is 16.6 Å². The van der Waals surface area contributed by atoms with Crippen molar-refractivity contribution >= 4 is 46.0 Å². The quantitative estimate of drug-likeness (QED) is 0.187. The molecule has 0 unspecified atom stereocenters. The molecular formula is C19H24ClN6O8PS. The van der Waals surface area contributed by atoms with Gasteiger partial charge in [0.25, 0.3) is 0 Å². The third-order valence-corrected chi connectivity index (χ3v) is 9.51. The van der Waals surface area contributed by atoms with Crippen molar-refractivity contribution in [2.24, 2.45) is 0 Å². The number of nitrogens with one attached hydrogen (secondary N) is 1. The fourth-order valence-electron chi connectivity index (χ4n) is 3.85. The summed E-state index contributed by atoms with van der Waals surface area (Å²) in [5.41, 5.74) is 0.876. The Balaban J connectivity index is 1.61. The van der Waals surface area contributed by atoms with Crippen LogP contribution in [0.25, 0.3) is 11.2 Å². The van der Waals surface area contributed by atoms with E-state index in [0.717, 1.165) is 15.8 Å². The zero-order chi connectivity index (χ0) is 26.4. The molecule has 36 heavy (non-hydrogen) atoms. The predicted molar refractivity (Wildman–Crippen MR) is 128 cm³/mol. The number of rotatable bonds is 8. The predicted octanol–water partition coefficient (Wildman–Crippen LogP) is 0.525. The molecule has 1 aromatic carbocycles. The summed E-state index contributed by atoms with van der Waals surface area (Å²) >= 11 is 6.12. The summed E-state index contributed by atoms with van der Waals surface area (Å²) in [4.78, 5) is 26.3. The van der Waals surface area contributed by atoms with Crippen LogP contribution in [0.3, 0.4) is 0 Å². The molecule has 0 amide bonds. The number of aryl methyl sites for hydroxylation is 1. The second kappa shape index (κ2) is 9.91. The average molecular weight is 563 g/mol. The van der Waals surface area contributed by atoms with Crippen LogP contribution in [-0.4, -0.2) is 82.9 Å². The zero-order valence-electron chi connectivity index (χ0n) is 19.0. The number of nitrogens with zero attached hydrogens (tertiary/aromatic N) is 5. The molecule has 4 rings (SSSR count). The Labute approximate surface area is 210 Å². The first kappa shape index (κ1) is 26.8. The Morgan fingerprint density at radius 2 is 1.86 bits per heavy atom. The van der Waals surface area contributed by atoms with Crippen LogP contribution in [0.5, 0.6) is 0 Å². The second-order valence-corrected chi connectivity index (χ2v) is 13.1. The molecule has 0 aliphatic carbocycles. The van der Waals surface area contributed by atoms with Crippen LogP contribution in [0.4, 0.5) is 5.82 Å². The standard InChI is InChI=1S/C19H24ClN6O8PS/c1-9-3-5-11(6-4-9)10(2)21-16-13-17(23-19(20)22-16)26(25-24-13)18-15(28)14(27)12(34-18)7-36(32,33)8-35(29,30)31/h3-6,10,12,14-15,18,27-28H,7-8H2,1-2H3,(H,21,22,23)(H2,29,30,31)/t10-,12+,14+,15+,18+/m0/s1. The molecule has 0 spiro atoms. The summed E-state index contributed by atoms with van der Waals surface area (Å²) in [6.45, 7) is 3.88. The van der Waals surface area contributed by atoms with Gasteiger partial charge in [0, 0.05) is 0 Å². The Bertz CT molecular complexity index is 1420. The Hall–Kier alpha value is -2.23. The first-order valence-electron chi connectivity index (χ1n) is 10.6. The molecule has 5 N–H and O–H groups in total. The third kappa shape index (κ3) is 5.84. The summed E-state index contributed by atoms with van der Waals surface area (Å²) in [7, 11) is -9.21. The molecule has 1 aliphatic heterocycles. The van der Waals surface area contributed by atoms with Crippen LogP contribution < -0.4 is 5.32 Å². The van der Waals surface area contributed by atoms with E-state index in [1.807, 2.05) is 38.1 Å². The van der Waals surface area contributed by atoms with Gasteiger partial charge in [-0.05, 0) is 31.0 Å². The number of hydrogen-bond acceptors (Lipinski definition) is 11. The third-order valence-electron chi connectivity index (χ3n) is 5.59. The van der Waals surface area contributed by atoms with Gasteiger partial charge in [0.15, 0.2) is 38.5 Å². The van der Waals surface area contributed by atoms with Gasteiger partial charge >= 0.3 is 7.60 Å². The van der Waals surface area contributed by atoms with Crippen molar-refractivity contribution in [3.63, 3.8) is 0 Å². The summed E-state index contributed by atoms with van der Waals surface area (Å²) < 4.78 is 42.0. The number of aliphatic hydroxyl groups excluding tert-OH is 2. The lowest BCUT2D eigenvalue weighted by Gasteiger charge is -2.16.